The molecule has 1 heterocycles. The lowest BCUT2D eigenvalue weighted by Crippen LogP contribution is -2.57. The van der Waals surface area contributed by atoms with Gasteiger partial charge in [-0.1, -0.05) is 32.1 Å². The quantitative estimate of drug-likeness (QED) is 0.0770. The normalized spacial score (nSPS) is 20.9. The van der Waals surface area contributed by atoms with E-state index in [2.05, 4.69) is 15.8 Å². The fraction of sp³-hybridized carbons (Fsp3) is 0.850. The van der Waals surface area contributed by atoms with E-state index in [-0.39, 0.29) is 37.5 Å². The van der Waals surface area contributed by atoms with Crippen LogP contribution < -0.4 is 22.1 Å². The van der Waals surface area contributed by atoms with Crippen molar-refractivity contribution in [3.63, 3.8) is 0 Å². The Kier molecular flexibility index (Phi) is 10.8. The number of nitrogens with one attached hydrogen (secondary N) is 2. The van der Waals surface area contributed by atoms with Crippen LogP contribution in [0.2, 0.25) is 0 Å². The molecule has 1 saturated heterocycles. The van der Waals surface area contributed by atoms with Crippen LogP contribution in [0, 0.1) is 5.92 Å². The number of piperidine rings is 1. The van der Waals surface area contributed by atoms with Crippen LogP contribution in [0.4, 0.5) is 0 Å². The highest BCUT2D eigenvalue weighted by Crippen LogP contribution is 2.28. The van der Waals surface area contributed by atoms with Crippen molar-refractivity contribution in [2.24, 2.45) is 22.5 Å². The number of oxime groups is 1. The van der Waals surface area contributed by atoms with E-state index < -0.39 is 18.4 Å². The summed E-state index contributed by atoms with van der Waals surface area (Å²) in [7, 11) is 0. The maximum Gasteiger partial charge on any atom is 0.242 e. The van der Waals surface area contributed by atoms with Gasteiger partial charge in [0.2, 0.25) is 17.8 Å². The maximum absolute atomic E-state index is 13.4. The zero-order valence-electron chi connectivity index (χ0n) is 18.2. The van der Waals surface area contributed by atoms with Crippen molar-refractivity contribution in [2.45, 2.75) is 76.2 Å². The lowest BCUT2D eigenvalue weighted by atomic mass is 9.84. The van der Waals surface area contributed by atoms with Crippen molar-refractivity contribution in [1.82, 2.24) is 15.5 Å². The fourth-order valence-electron chi connectivity index (χ4n) is 4.40. The first-order valence-corrected chi connectivity index (χ1v) is 11.3. The third-order valence-electron chi connectivity index (χ3n) is 5.89. The van der Waals surface area contributed by atoms with E-state index in [1.807, 2.05) is 0 Å². The van der Waals surface area contributed by atoms with Gasteiger partial charge in [-0.05, 0) is 36.8 Å². The molecule has 2 atom stereocenters. The van der Waals surface area contributed by atoms with Gasteiger partial charge in [-0.25, -0.2) is 0 Å². The van der Waals surface area contributed by atoms with Gasteiger partial charge in [0.15, 0.2) is 6.29 Å². The number of aliphatic hydroxyl groups excluding tert-OH is 1. The van der Waals surface area contributed by atoms with Crippen LogP contribution in [0.15, 0.2) is 5.16 Å². The Bertz CT molecular complexity index is 593. The summed E-state index contributed by atoms with van der Waals surface area (Å²) in [5.41, 5.74) is 10.4. The molecule has 0 radical (unpaired) electrons. The number of amides is 2. The van der Waals surface area contributed by atoms with Crippen LogP contribution >= 0.6 is 0 Å². The third-order valence-corrected chi connectivity index (χ3v) is 5.89. The highest BCUT2D eigenvalue weighted by molar-refractivity contribution is 5.90. The predicted octanol–water partition coefficient (Wildman–Crippen LogP) is -1.07. The summed E-state index contributed by atoms with van der Waals surface area (Å²) in [5.74, 6) is -0.154. The Hall–Kier alpha value is -2.11. The Balaban J connectivity index is 1.98. The summed E-state index contributed by atoms with van der Waals surface area (Å²) < 4.78 is 0. The van der Waals surface area contributed by atoms with Crippen LogP contribution in [0.1, 0.15) is 57.8 Å². The largest absolute Gasteiger partial charge is 0.391 e. The minimum absolute atomic E-state index is 0.0873. The van der Waals surface area contributed by atoms with Gasteiger partial charge in [-0.2, -0.15) is 0 Å². The van der Waals surface area contributed by atoms with Crippen LogP contribution in [-0.4, -0.2) is 77.5 Å². The molecular formula is C20H38N6O5. The van der Waals surface area contributed by atoms with Gasteiger partial charge in [0.25, 0.3) is 0 Å². The molecule has 0 aromatic heterocycles. The summed E-state index contributed by atoms with van der Waals surface area (Å²) in [4.78, 5) is 32.7. The van der Waals surface area contributed by atoms with Crippen molar-refractivity contribution in [2.75, 3.05) is 26.2 Å². The lowest BCUT2D eigenvalue weighted by Gasteiger charge is -2.38. The number of carbonyl (C=O) groups excluding carboxylic acids is 2. The van der Waals surface area contributed by atoms with Gasteiger partial charge < -0.3 is 42.1 Å². The van der Waals surface area contributed by atoms with Crippen molar-refractivity contribution >= 4 is 17.8 Å². The Morgan fingerprint density at radius 2 is 1.81 bits per heavy atom. The van der Waals surface area contributed by atoms with Gasteiger partial charge in [0.05, 0.1) is 12.6 Å². The number of rotatable bonds is 11. The van der Waals surface area contributed by atoms with E-state index in [0.29, 0.717) is 25.3 Å². The minimum atomic E-state index is -1.53. The maximum atomic E-state index is 13.4. The molecule has 11 nitrogen and oxygen atoms in total. The van der Waals surface area contributed by atoms with Gasteiger partial charge in [-0.15, -0.1) is 0 Å². The summed E-state index contributed by atoms with van der Waals surface area (Å²) in [6.45, 7) is 0.751. The van der Waals surface area contributed by atoms with Crippen molar-refractivity contribution in [1.29, 1.82) is 0 Å². The highest BCUT2D eigenvalue weighted by Gasteiger charge is 2.36. The Labute approximate surface area is 183 Å². The molecule has 0 bridgehead atoms. The molecule has 0 aromatic rings. The molecule has 2 rings (SSSR count). The van der Waals surface area contributed by atoms with E-state index in [1.54, 1.807) is 4.90 Å². The summed E-state index contributed by atoms with van der Waals surface area (Å²) >= 11 is 0. The SMILES string of the molecule is NC(N)=NOCCNC(=O)[C@@H]1CCCCN1C(=O)[C@@H](CC1CCCCC1)NCC(O)O. The van der Waals surface area contributed by atoms with Gasteiger partial charge >= 0.3 is 0 Å². The first kappa shape index (κ1) is 25.2. The molecule has 2 fully saturated rings. The topological polar surface area (TPSA) is 176 Å². The molecule has 1 saturated carbocycles. The van der Waals surface area contributed by atoms with Gasteiger partial charge in [0.1, 0.15) is 12.6 Å². The van der Waals surface area contributed by atoms with Gasteiger partial charge in [0, 0.05) is 13.1 Å². The number of likely N-dealkylation sites (tertiary alicyclic amines) is 1. The third kappa shape index (κ3) is 8.88. The smallest absolute Gasteiger partial charge is 0.242 e. The molecule has 2 aliphatic rings. The Morgan fingerprint density at radius 3 is 2.48 bits per heavy atom. The molecule has 1 aliphatic carbocycles. The molecule has 2 amide bonds. The number of carbonyl (C=O) groups is 2. The van der Waals surface area contributed by atoms with Crippen LogP contribution in [-0.2, 0) is 14.4 Å². The van der Waals surface area contributed by atoms with Crippen molar-refractivity contribution < 1.29 is 24.6 Å². The lowest BCUT2D eigenvalue weighted by molar-refractivity contribution is -0.144. The molecular weight excluding hydrogens is 404 g/mol. The number of guanidine groups is 1. The Morgan fingerprint density at radius 1 is 1.10 bits per heavy atom. The number of hydrogen-bond acceptors (Lipinski definition) is 7. The number of hydrogen-bond donors (Lipinski definition) is 6. The monoisotopic (exact) mass is 442 g/mol. The first-order chi connectivity index (χ1) is 14.9. The fourth-order valence-corrected chi connectivity index (χ4v) is 4.40. The van der Waals surface area contributed by atoms with E-state index in [9.17, 15) is 19.8 Å². The molecule has 0 aromatic carbocycles. The molecule has 11 heteroatoms. The van der Waals surface area contributed by atoms with E-state index >= 15 is 0 Å². The van der Waals surface area contributed by atoms with E-state index in [0.717, 1.165) is 38.5 Å². The number of nitrogens with zero attached hydrogens (tertiary/aromatic N) is 2. The van der Waals surface area contributed by atoms with Crippen LogP contribution in [0.3, 0.4) is 0 Å². The second-order valence-corrected chi connectivity index (χ2v) is 8.36. The van der Waals surface area contributed by atoms with E-state index in [1.165, 1.54) is 6.42 Å². The zero-order valence-corrected chi connectivity index (χ0v) is 18.2. The van der Waals surface area contributed by atoms with Crippen LogP contribution in [0.25, 0.3) is 0 Å². The molecule has 0 unspecified atom stereocenters. The summed E-state index contributed by atoms with van der Waals surface area (Å²) in [6, 6.07) is -1.09. The first-order valence-electron chi connectivity index (χ1n) is 11.3. The standard InChI is InChI=1S/C20H38N6O5/c21-20(22)25-31-11-9-23-18(29)16-8-4-5-10-26(16)19(30)15(24-13-17(27)28)12-14-6-2-1-3-7-14/h14-17,24,27-28H,1-13H2,(H,23,29)(H4,21,22,25)/t15-,16+/m1/s1. The molecule has 0 spiro atoms. The molecule has 1 aliphatic heterocycles. The minimum Gasteiger partial charge on any atom is -0.391 e. The zero-order chi connectivity index (χ0) is 22.6. The number of nitrogens with two attached hydrogens (primary N) is 2. The molecule has 31 heavy (non-hydrogen) atoms. The second-order valence-electron chi connectivity index (χ2n) is 8.36. The summed E-state index contributed by atoms with van der Waals surface area (Å²) in [5, 5.41) is 27.7. The average Bonchev–Trinajstić information content (AvgIpc) is 2.76. The van der Waals surface area contributed by atoms with Crippen LogP contribution in [0.5, 0.6) is 0 Å². The van der Waals surface area contributed by atoms with Gasteiger partial charge in [-0.3, -0.25) is 9.59 Å². The predicted molar refractivity (Wildman–Crippen MR) is 115 cm³/mol. The molecule has 8 N–H and O–H groups in total. The molecule has 178 valence electrons. The highest BCUT2D eigenvalue weighted by atomic mass is 16.6. The second kappa shape index (κ2) is 13.3. The van der Waals surface area contributed by atoms with Crippen molar-refractivity contribution in [3.8, 4) is 0 Å². The average molecular weight is 443 g/mol. The van der Waals surface area contributed by atoms with Crippen molar-refractivity contribution in [3.05, 3.63) is 0 Å². The summed E-state index contributed by atoms with van der Waals surface area (Å²) in [6.07, 6.45) is 7.08. The number of aliphatic hydroxyl groups is 2. The van der Waals surface area contributed by atoms with E-state index in [4.69, 9.17) is 16.3 Å².